The molecule has 18 heavy (non-hydrogen) atoms. The standard InChI is InChI=1S/C14H18N2O2/c1-4-18-12-7-5-11(6-8-12)9-13(17)16-14(2,3)10-15/h5-8H,4,9H2,1-3H3,(H,16,17). The number of carbonyl (C=O) groups is 1. The van der Waals surface area contributed by atoms with E-state index in [2.05, 4.69) is 5.32 Å². The molecule has 0 aliphatic heterocycles. The van der Waals surface area contributed by atoms with Crippen LogP contribution in [0, 0.1) is 11.3 Å². The lowest BCUT2D eigenvalue weighted by atomic mass is 10.1. The maximum atomic E-state index is 11.7. The first-order chi connectivity index (χ1) is 8.46. The smallest absolute Gasteiger partial charge is 0.225 e. The van der Waals surface area contributed by atoms with Gasteiger partial charge in [0.15, 0.2) is 0 Å². The molecule has 0 aromatic heterocycles. The first-order valence-electron chi connectivity index (χ1n) is 5.91. The van der Waals surface area contributed by atoms with Gasteiger partial charge in [-0.25, -0.2) is 0 Å². The molecule has 4 nitrogen and oxygen atoms in total. The Morgan fingerprint density at radius 1 is 1.39 bits per heavy atom. The van der Waals surface area contributed by atoms with E-state index < -0.39 is 5.54 Å². The zero-order valence-electron chi connectivity index (χ0n) is 11.0. The monoisotopic (exact) mass is 246 g/mol. The van der Waals surface area contributed by atoms with Crippen LogP contribution in [0.4, 0.5) is 0 Å². The van der Waals surface area contributed by atoms with Crippen LogP contribution >= 0.6 is 0 Å². The number of carbonyl (C=O) groups excluding carboxylic acids is 1. The highest BCUT2D eigenvalue weighted by Gasteiger charge is 2.19. The van der Waals surface area contributed by atoms with Crippen LogP contribution in [0.25, 0.3) is 0 Å². The second kappa shape index (κ2) is 6.06. The number of benzene rings is 1. The lowest BCUT2D eigenvalue weighted by Gasteiger charge is -2.17. The summed E-state index contributed by atoms with van der Waals surface area (Å²) in [5, 5.41) is 11.5. The molecule has 0 spiro atoms. The molecule has 1 rings (SSSR count). The summed E-state index contributed by atoms with van der Waals surface area (Å²) < 4.78 is 5.32. The molecular formula is C14H18N2O2. The topological polar surface area (TPSA) is 62.1 Å². The summed E-state index contributed by atoms with van der Waals surface area (Å²) in [6.07, 6.45) is 0.261. The van der Waals surface area contributed by atoms with Crippen molar-refractivity contribution in [1.82, 2.24) is 5.32 Å². The molecule has 96 valence electrons. The van der Waals surface area contributed by atoms with Crippen LogP contribution in [0.5, 0.6) is 5.75 Å². The zero-order chi connectivity index (χ0) is 13.6. The second-order valence-corrected chi connectivity index (χ2v) is 4.54. The van der Waals surface area contributed by atoms with Crippen LogP contribution in [0.2, 0.25) is 0 Å². The van der Waals surface area contributed by atoms with E-state index in [9.17, 15) is 4.79 Å². The van der Waals surface area contributed by atoms with Gasteiger partial charge >= 0.3 is 0 Å². The average molecular weight is 246 g/mol. The Bertz CT molecular complexity index is 444. The molecule has 0 saturated carbocycles. The van der Waals surface area contributed by atoms with E-state index >= 15 is 0 Å². The summed E-state index contributed by atoms with van der Waals surface area (Å²) in [4.78, 5) is 11.7. The van der Waals surface area contributed by atoms with Crippen molar-refractivity contribution in [3.63, 3.8) is 0 Å². The first kappa shape index (κ1) is 14.0. The van der Waals surface area contributed by atoms with Crippen molar-refractivity contribution in [1.29, 1.82) is 5.26 Å². The lowest BCUT2D eigenvalue weighted by molar-refractivity contribution is -0.121. The normalized spacial score (nSPS) is 10.6. The van der Waals surface area contributed by atoms with Gasteiger partial charge in [0.2, 0.25) is 5.91 Å². The Labute approximate surface area is 108 Å². The molecule has 1 N–H and O–H groups in total. The molecule has 0 saturated heterocycles. The Morgan fingerprint density at radius 2 is 2.00 bits per heavy atom. The highest BCUT2D eigenvalue weighted by Crippen LogP contribution is 2.12. The van der Waals surface area contributed by atoms with Crippen LogP contribution in [0.1, 0.15) is 26.3 Å². The number of rotatable bonds is 5. The third-order valence-corrected chi connectivity index (χ3v) is 2.33. The molecule has 0 atom stereocenters. The molecular weight excluding hydrogens is 228 g/mol. The Kier molecular flexibility index (Phi) is 4.73. The SMILES string of the molecule is CCOc1ccc(CC(=O)NC(C)(C)C#N)cc1. The fraction of sp³-hybridized carbons (Fsp3) is 0.429. The molecule has 0 heterocycles. The summed E-state index contributed by atoms with van der Waals surface area (Å²) in [7, 11) is 0. The highest BCUT2D eigenvalue weighted by atomic mass is 16.5. The summed E-state index contributed by atoms with van der Waals surface area (Å²) in [6.45, 7) is 5.88. The molecule has 0 fully saturated rings. The number of nitrogens with one attached hydrogen (secondary N) is 1. The van der Waals surface area contributed by atoms with Crippen molar-refractivity contribution in [2.75, 3.05) is 6.61 Å². The largest absolute Gasteiger partial charge is 0.494 e. The molecule has 0 aliphatic carbocycles. The third kappa shape index (κ3) is 4.46. The van der Waals surface area contributed by atoms with Crippen molar-refractivity contribution in [2.24, 2.45) is 0 Å². The first-order valence-corrected chi connectivity index (χ1v) is 5.91. The summed E-state index contributed by atoms with van der Waals surface area (Å²) in [6, 6.07) is 9.40. The molecule has 1 aromatic carbocycles. The molecule has 4 heteroatoms. The fourth-order valence-electron chi connectivity index (χ4n) is 1.48. The van der Waals surface area contributed by atoms with Gasteiger partial charge < -0.3 is 10.1 Å². The number of nitrogens with zero attached hydrogens (tertiary/aromatic N) is 1. The molecule has 0 radical (unpaired) electrons. The van der Waals surface area contributed by atoms with Crippen molar-refractivity contribution in [3.8, 4) is 11.8 Å². The van der Waals surface area contributed by atoms with Crippen molar-refractivity contribution >= 4 is 5.91 Å². The van der Waals surface area contributed by atoms with E-state index in [4.69, 9.17) is 10.00 Å². The Balaban J connectivity index is 2.58. The van der Waals surface area contributed by atoms with Gasteiger partial charge in [0.1, 0.15) is 11.3 Å². The Hall–Kier alpha value is -2.02. The van der Waals surface area contributed by atoms with Crippen molar-refractivity contribution in [2.45, 2.75) is 32.7 Å². The van der Waals surface area contributed by atoms with Gasteiger partial charge in [-0.05, 0) is 38.5 Å². The average Bonchev–Trinajstić information content (AvgIpc) is 2.31. The van der Waals surface area contributed by atoms with E-state index in [0.717, 1.165) is 11.3 Å². The minimum atomic E-state index is -0.831. The number of amides is 1. The van der Waals surface area contributed by atoms with Gasteiger partial charge in [-0.15, -0.1) is 0 Å². The molecule has 1 aromatic rings. The van der Waals surface area contributed by atoms with Crippen LogP contribution in [0.15, 0.2) is 24.3 Å². The number of nitriles is 1. The lowest BCUT2D eigenvalue weighted by Crippen LogP contribution is -2.42. The zero-order valence-corrected chi connectivity index (χ0v) is 11.0. The van der Waals surface area contributed by atoms with Crippen LogP contribution < -0.4 is 10.1 Å². The predicted octanol–water partition coefficient (Wildman–Crippen LogP) is 2.05. The molecule has 1 amide bonds. The number of ether oxygens (including phenoxy) is 1. The Morgan fingerprint density at radius 3 is 2.50 bits per heavy atom. The fourth-order valence-corrected chi connectivity index (χ4v) is 1.48. The summed E-state index contributed by atoms with van der Waals surface area (Å²) >= 11 is 0. The van der Waals surface area contributed by atoms with Gasteiger partial charge in [0.25, 0.3) is 0 Å². The summed E-state index contributed by atoms with van der Waals surface area (Å²) in [5.41, 5.74) is 0.0622. The van der Waals surface area contributed by atoms with Gasteiger partial charge in [-0.2, -0.15) is 5.26 Å². The van der Waals surface area contributed by atoms with Crippen molar-refractivity contribution < 1.29 is 9.53 Å². The van der Waals surface area contributed by atoms with E-state index in [1.165, 1.54) is 0 Å². The highest BCUT2D eigenvalue weighted by molar-refractivity contribution is 5.79. The molecule has 0 unspecified atom stereocenters. The number of hydrogen-bond donors (Lipinski definition) is 1. The minimum Gasteiger partial charge on any atom is -0.494 e. The van der Waals surface area contributed by atoms with Crippen LogP contribution in [0.3, 0.4) is 0 Å². The van der Waals surface area contributed by atoms with Gasteiger partial charge in [0, 0.05) is 0 Å². The van der Waals surface area contributed by atoms with Gasteiger partial charge in [-0.3, -0.25) is 4.79 Å². The molecule has 0 bridgehead atoms. The molecule has 0 aliphatic rings. The van der Waals surface area contributed by atoms with E-state index in [0.29, 0.717) is 6.61 Å². The third-order valence-electron chi connectivity index (χ3n) is 2.33. The predicted molar refractivity (Wildman–Crippen MR) is 69.1 cm³/mol. The van der Waals surface area contributed by atoms with E-state index in [1.54, 1.807) is 13.8 Å². The minimum absolute atomic E-state index is 0.161. The van der Waals surface area contributed by atoms with Gasteiger partial charge in [0.05, 0.1) is 19.1 Å². The summed E-state index contributed by atoms with van der Waals surface area (Å²) in [5.74, 6) is 0.629. The van der Waals surface area contributed by atoms with Gasteiger partial charge in [-0.1, -0.05) is 12.1 Å². The van der Waals surface area contributed by atoms with Crippen LogP contribution in [-0.2, 0) is 11.2 Å². The second-order valence-electron chi connectivity index (χ2n) is 4.54. The van der Waals surface area contributed by atoms with Crippen LogP contribution in [-0.4, -0.2) is 18.1 Å². The maximum absolute atomic E-state index is 11.7. The van der Waals surface area contributed by atoms with E-state index in [-0.39, 0.29) is 12.3 Å². The number of hydrogen-bond acceptors (Lipinski definition) is 3. The quantitative estimate of drug-likeness (QED) is 0.864. The van der Waals surface area contributed by atoms with E-state index in [1.807, 2.05) is 37.3 Å². The maximum Gasteiger partial charge on any atom is 0.225 e. The van der Waals surface area contributed by atoms with Crippen molar-refractivity contribution in [3.05, 3.63) is 29.8 Å².